The van der Waals surface area contributed by atoms with Crippen molar-refractivity contribution in [3.8, 4) is 5.75 Å². The lowest BCUT2D eigenvalue weighted by Gasteiger charge is -2.34. The van der Waals surface area contributed by atoms with E-state index in [2.05, 4.69) is 11.8 Å². The summed E-state index contributed by atoms with van der Waals surface area (Å²) >= 11 is 0. The minimum atomic E-state index is -1.09. The van der Waals surface area contributed by atoms with Gasteiger partial charge < -0.3 is 19.9 Å². The van der Waals surface area contributed by atoms with Gasteiger partial charge in [-0.1, -0.05) is 6.42 Å². The van der Waals surface area contributed by atoms with Crippen LogP contribution >= 0.6 is 0 Å². The number of carboxylic acid groups (broad SMARTS) is 1. The van der Waals surface area contributed by atoms with E-state index in [0.717, 1.165) is 31.9 Å². The molecule has 0 aromatic carbocycles. The van der Waals surface area contributed by atoms with Gasteiger partial charge in [-0.2, -0.15) is 0 Å². The van der Waals surface area contributed by atoms with Crippen LogP contribution < -0.4 is 5.43 Å². The molecular weight excluding hydrogens is 288 g/mol. The number of aliphatic hydroxyl groups excluding tert-OH is 1. The number of aromatic nitrogens is 1. The molecule has 122 valence electrons. The summed E-state index contributed by atoms with van der Waals surface area (Å²) in [7, 11) is 0. The van der Waals surface area contributed by atoms with E-state index in [0.29, 0.717) is 12.6 Å². The first-order chi connectivity index (χ1) is 10.4. The lowest BCUT2D eigenvalue weighted by Crippen LogP contribution is -2.38. The summed E-state index contributed by atoms with van der Waals surface area (Å²) in [6.07, 6.45) is 3.21. The molecule has 1 saturated heterocycles. The summed E-state index contributed by atoms with van der Waals surface area (Å²) < 4.78 is 1.32. The van der Waals surface area contributed by atoms with Crippen molar-refractivity contribution in [1.29, 1.82) is 0 Å². The van der Waals surface area contributed by atoms with E-state index < -0.39 is 30.3 Å². The number of aliphatic carboxylic acids is 1. The van der Waals surface area contributed by atoms with Gasteiger partial charge in [-0.25, -0.2) is 0 Å². The molecule has 1 aliphatic heterocycles. The molecule has 1 unspecified atom stereocenters. The van der Waals surface area contributed by atoms with Gasteiger partial charge in [0.15, 0.2) is 5.75 Å². The molecule has 0 spiro atoms. The van der Waals surface area contributed by atoms with Crippen LogP contribution in [0.2, 0.25) is 0 Å². The molecule has 22 heavy (non-hydrogen) atoms. The largest absolute Gasteiger partial charge is 0.503 e. The molecule has 7 heteroatoms. The standard InChI is InChI=1S/C15H22N2O5/c1-10-4-2-3-5-16(10)7-12-15(22)13(19)6-11(9-18)17(12)8-14(20)21/h6,10,18,22H,2-5,7-9H2,1H3,(H,20,21). The molecule has 3 N–H and O–H groups in total. The Balaban J connectivity index is 2.44. The highest BCUT2D eigenvalue weighted by Gasteiger charge is 2.23. The van der Waals surface area contributed by atoms with E-state index in [1.54, 1.807) is 0 Å². The Morgan fingerprint density at radius 1 is 1.41 bits per heavy atom. The molecule has 0 radical (unpaired) electrons. The number of aromatic hydroxyl groups is 1. The van der Waals surface area contributed by atoms with Gasteiger partial charge in [0.25, 0.3) is 0 Å². The van der Waals surface area contributed by atoms with Crippen LogP contribution in [0.4, 0.5) is 0 Å². The molecule has 0 amide bonds. The van der Waals surface area contributed by atoms with Crippen molar-refractivity contribution >= 4 is 5.97 Å². The fourth-order valence-electron chi connectivity index (χ4n) is 2.95. The van der Waals surface area contributed by atoms with Crippen molar-refractivity contribution in [3.05, 3.63) is 27.7 Å². The lowest BCUT2D eigenvalue weighted by molar-refractivity contribution is -0.137. The molecule has 0 bridgehead atoms. The fourth-order valence-corrected chi connectivity index (χ4v) is 2.95. The summed E-state index contributed by atoms with van der Waals surface area (Å²) in [6, 6.07) is 1.39. The number of aliphatic hydroxyl groups is 1. The lowest BCUT2D eigenvalue weighted by atomic mass is 10.0. The van der Waals surface area contributed by atoms with Gasteiger partial charge >= 0.3 is 5.97 Å². The minimum Gasteiger partial charge on any atom is -0.503 e. The van der Waals surface area contributed by atoms with Crippen molar-refractivity contribution in [2.75, 3.05) is 6.54 Å². The number of carboxylic acids is 1. The van der Waals surface area contributed by atoms with E-state index in [-0.39, 0.29) is 11.4 Å². The molecule has 0 saturated carbocycles. The number of hydrogen-bond donors (Lipinski definition) is 3. The maximum absolute atomic E-state index is 11.8. The quantitative estimate of drug-likeness (QED) is 0.732. The zero-order chi connectivity index (χ0) is 16.3. The molecule has 1 fully saturated rings. The number of likely N-dealkylation sites (tertiary alicyclic amines) is 1. The van der Waals surface area contributed by atoms with Gasteiger partial charge in [0.1, 0.15) is 6.54 Å². The second-order valence-corrected chi connectivity index (χ2v) is 5.75. The second kappa shape index (κ2) is 6.93. The van der Waals surface area contributed by atoms with E-state index in [4.69, 9.17) is 5.11 Å². The molecule has 7 nitrogen and oxygen atoms in total. The molecule has 1 aromatic rings. The SMILES string of the molecule is CC1CCCCN1Cc1c(O)c(=O)cc(CO)n1CC(=O)O. The summed E-state index contributed by atoms with van der Waals surface area (Å²) in [4.78, 5) is 25.0. The zero-order valence-corrected chi connectivity index (χ0v) is 12.7. The van der Waals surface area contributed by atoms with Crippen LogP contribution in [0.25, 0.3) is 0 Å². The van der Waals surface area contributed by atoms with Crippen molar-refractivity contribution in [1.82, 2.24) is 9.47 Å². The first-order valence-corrected chi connectivity index (χ1v) is 7.45. The maximum Gasteiger partial charge on any atom is 0.323 e. The number of nitrogens with zero attached hydrogens (tertiary/aromatic N) is 2. The van der Waals surface area contributed by atoms with Crippen LogP contribution in [0.5, 0.6) is 5.75 Å². The van der Waals surface area contributed by atoms with Crippen LogP contribution in [-0.4, -0.2) is 43.3 Å². The van der Waals surface area contributed by atoms with Crippen LogP contribution in [0.1, 0.15) is 37.6 Å². The Hall–Kier alpha value is -1.86. The van der Waals surface area contributed by atoms with E-state index in [1.807, 2.05) is 0 Å². The maximum atomic E-state index is 11.8. The molecular formula is C15H22N2O5. The van der Waals surface area contributed by atoms with E-state index in [1.165, 1.54) is 4.57 Å². The van der Waals surface area contributed by atoms with Crippen LogP contribution in [0.15, 0.2) is 10.9 Å². The smallest absolute Gasteiger partial charge is 0.323 e. The topological polar surface area (TPSA) is 103 Å². The Bertz CT molecular complexity index is 611. The van der Waals surface area contributed by atoms with Gasteiger partial charge in [-0.3, -0.25) is 14.5 Å². The Kier molecular flexibility index (Phi) is 5.20. The molecule has 0 aliphatic carbocycles. The summed E-state index contributed by atoms with van der Waals surface area (Å²) in [5, 5.41) is 28.5. The minimum absolute atomic E-state index is 0.199. The molecule has 1 atom stereocenters. The summed E-state index contributed by atoms with van der Waals surface area (Å²) in [5.41, 5.74) is -0.136. The van der Waals surface area contributed by atoms with Gasteiger partial charge in [0.05, 0.1) is 12.3 Å². The molecule has 1 aliphatic rings. The molecule has 1 aromatic heterocycles. The van der Waals surface area contributed by atoms with Crippen LogP contribution in [0.3, 0.4) is 0 Å². The highest BCUT2D eigenvalue weighted by Crippen LogP contribution is 2.23. The third-order valence-electron chi connectivity index (χ3n) is 4.23. The average Bonchev–Trinajstić information content (AvgIpc) is 2.48. The third-order valence-corrected chi connectivity index (χ3v) is 4.23. The first-order valence-electron chi connectivity index (χ1n) is 7.45. The summed E-state index contributed by atoms with van der Waals surface area (Å²) in [6.45, 7) is 2.35. The molecule has 2 heterocycles. The number of pyridine rings is 1. The summed E-state index contributed by atoms with van der Waals surface area (Å²) in [5.74, 6) is -1.53. The second-order valence-electron chi connectivity index (χ2n) is 5.75. The van der Waals surface area contributed by atoms with E-state index >= 15 is 0 Å². The van der Waals surface area contributed by atoms with Crippen molar-refractivity contribution in [3.63, 3.8) is 0 Å². The number of carbonyl (C=O) groups is 1. The average molecular weight is 310 g/mol. The number of piperidine rings is 1. The predicted molar refractivity (Wildman–Crippen MR) is 79.6 cm³/mol. The first kappa shape index (κ1) is 16.5. The third kappa shape index (κ3) is 3.48. The van der Waals surface area contributed by atoms with Gasteiger partial charge in [-0.05, 0) is 26.3 Å². The number of rotatable bonds is 5. The highest BCUT2D eigenvalue weighted by atomic mass is 16.4. The van der Waals surface area contributed by atoms with E-state index in [9.17, 15) is 19.8 Å². The Labute approximate surface area is 128 Å². The van der Waals surface area contributed by atoms with Gasteiger partial charge in [0.2, 0.25) is 5.43 Å². The monoisotopic (exact) mass is 310 g/mol. The van der Waals surface area contributed by atoms with Crippen molar-refractivity contribution in [2.45, 2.75) is 51.9 Å². The van der Waals surface area contributed by atoms with Crippen molar-refractivity contribution in [2.24, 2.45) is 0 Å². The Morgan fingerprint density at radius 3 is 2.73 bits per heavy atom. The molecule has 2 rings (SSSR count). The Morgan fingerprint density at radius 2 is 2.14 bits per heavy atom. The number of hydrogen-bond acceptors (Lipinski definition) is 5. The van der Waals surface area contributed by atoms with Gasteiger partial charge in [-0.15, -0.1) is 0 Å². The highest BCUT2D eigenvalue weighted by molar-refractivity contribution is 5.67. The normalized spacial score (nSPS) is 19.3. The fraction of sp³-hybridized carbons (Fsp3) is 0.600. The zero-order valence-electron chi connectivity index (χ0n) is 12.7. The van der Waals surface area contributed by atoms with Crippen LogP contribution in [0, 0.1) is 0 Å². The van der Waals surface area contributed by atoms with Crippen molar-refractivity contribution < 1.29 is 20.1 Å². The van der Waals surface area contributed by atoms with Crippen LogP contribution in [-0.2, 0) is 24.5 Å². The predicted octanol–water partition coefficient (Wildman–Crippen LogP) is 0.505. The van der Waals surface area contributed by atoms with Gasteiger partial charge in [0, 0.05) is 24.3 Å².